The lowest BCUT2D eigenvalue weighted by atomic mass is 10.0. The maximum Gasteiger partial charge on any atom is 0.307 e. The van der Waals surface area contributed by atoms with Crippen molar-refractivity contribution in [2.75, 3.05) is 7.11 Å². The van der Waals surface area contributed by atoms with Gasteiger partial charge < -0.3 is 10.1 Å². The lowest BCUT2D eigenvalue weighted by molar-refractivity contribution is -0.141. The molecule has 0 saturated carbocycles. The molecule has 0 saturated heterocycles. The van der Waals surface area contributed by atoms with E-state index in [2.05, 4.69) is 10.4 Å². The Hall–Kier alpha value is -3.19. The van der Waals surface area contributed by atoms with Gasteiger partial charge in [0, 0.05) is 16.8 Å². The Balaban J connectivity index is 1.72. The second kappa shape index (κ2) is 9.34. The standard InChI is InChI=1S/C21H20ClN3O4/c1-29-21(28)12-17(14-6-8-15(22)9-7-14)24-20(27)10-11-25-18-5-3-2-4-16(18)19(26)13-23-25/h2-9,13,17H,10-12H2,1H3,(H,24,27)/t17-/m1/s1. The maximum absolute atomic E-state index is 12.5. The van der Waals surface area contributed by atoms with E-state index in [0.29, 0.717) is 15.9 Å². The second-order valence-electron chi connectivity index (χ2n) is 6.45. The predicted molar refractivity (Wildman–Crippen MR) is 110 cm³/mol. The van der Waals surface area contributed by atoms with Gasteiger partial charge in [-0.25, -0.2) is 0 Å². The Bertz CT molecular complexity index is 1080. The molecule has 0 bridgehead atoms. The quantitative estimate of drug-likeness (QED) is 0.601. The molecule has 0 fully saturated rings. The van der Waals surface area contributed by atoms with E-state index in [0.717, 1.165) is 5.56 Å². The molecule has 8 heteroatoms. The van der Waals surface area contributed by atoms with Crippen LogP contribution >= 0.6 is 11.6 Å². The summed E-state index contributed by atoms with van der Waals surface area (Å²) < 4.78 is 6.36. The minimum Gasteiger partial charge on any atom is -0.469 e. The van der Waals surface area contributed by atoms with E-state index >= 15 is 0 Å². The highest BCUT2D eigenvalue weighted by atomic mass is 35.5. The number of carbonyl (C=O) groups excluding carboxylic acids is 2. The van der Waals surface area contributed by atoms with Crippen molar-refractivity contribution in [3.05, 3.63) is 75.5 Å². The van der Waals surface area contributed by atoms with Crippen LogP contribution in [0.5, 0.6) is 0 Å². The van der Waals surface area contributed by atoms with E-state index in [4.69, 9.17) is 16.3 Å². The van der Waals surface area contributed by atoms with E-state index in [1.165, 1.54) is 13.3 Å². The fraction of sp³-hybridized carbons (Fsp3) is 0.238. The Morgan fingerprint density at radius 1 is 1.17 bits per heavy atom. The van der Waals surface area contributed by atoms with Crippen molar-refractivity contribution in [2.45, 2.75) is 25.4 Å². The van der Waals surface area contributed by atoms with Gasteiger partial charge in [-0.1, -0.05) is 35.9 Å². The second-order valence-corrected chi connectivity index (χ2v) is 6.89. The van der Waals surface area contributed by atoms with Gasteiger partial charge in [0.15, 0.2) is 0 Å². The van der Waals surface area contributed by atoms with Crippen LogP contribution in [-0.2, 0) is 20.9 Å². The number of hydrogen-bond acceptors (Lipinski definition) is 5. The topological polar surface area (TPSA) is 90.3 Å². The first-order valence-corrected chi connectivity index (χ1v) is 9.42. The third-order valence-electron chi connectivity index (χ3n) is 4.52. The Kier molecular flexibility index (Phi) is 6.61. The number of benzene rings is 2. The first-order chi connectivity index (χ1) is 14.0. The molecule has 0 spiro atoms. The highest BCUT2D eigenvalue weighted by Gasteiger charge is 2.19. The summed E-state index contributed by atoms with van der Waals surface area (Å²) in [7, 11) is 1.30. The summed E-state index contributed by atoms with van der Waals surface area (Å²) in [5.74, 6) is -0.684. The van der Waals surface area contributed by atoms with Gasteiger partial charge in [0.25, 0.3) is 0 Å². The Morgan fingerprint density at radius 2 is 1.90 bits per heavy atom. The van der Waals surface area contributed by atoms with E-state index in [9.17, 15) is 14.4 Å². The highest BCUT2D eigenvalue weighted by molar-refractivity contribution is 6.30. The van der Waals surface area contributed by atoms with Crippen molar-refractivity contribution in [2.24, 2.45) is 0 Å². The Labute approximate surface area is 172 Å². The van der Waals surface area contributed by atoms with E-state index in [-0.39, 0.29) is 30.7 Å². The van der Waals surface area contributed by atoms with Crippen molar-refractivity contribution >= 4 is 34.4 Å². The SMILES string of the molecule is COC(=O)C[C@@H](NC(=O)CCn1ncc(=O)c2ccccc21)c1ccc(Cl)cc1. The smallest absolute Gasteiger partial charge is 0.307 e. The average molecular weight is 414 g/mol. The number of rotatable bonds is 7. The van der Waals surface area contributed by atoms with Crippen LogP contribution < -0.4 is 10.7 Å². The molecular weight excluding hydrogens is 394 g/mol. The first kappa shape index (κ1) is 20.5. The maximum atomic E-state index is 12.5. The number of esters is 1. The molecule has 0 aliphatic carbocycles. The number of aryl methyl sites for hydroxylation is 1. The molecule has 0 radical (unpaired) electrons. The number of amides is 1. The number of carbonyl (C=O) groups is 2. The van der Waals surface area contributed by atoms with Crippen LogP contribution in [0.4, 0.5) is 0 Å². The zero-order valence-corrected chi connectivity index (χ0v) is 16.6. The first-order valence-electron chi connectivity index (χ1n) is 9.04. The van der Waals surface area contributed by atoms with Gasteiger partial charge in [0.1, 0.15) is 0 Å². The minimum absolute atomic E-state index is 0.00305. The fourth-order valence-corrected chi connectivity index (χ4v) is 3.14. The van der Waals surface area contributed by atoms with Crippen LogP contribution in [0, 0.1) is 0 Å². The van der Waals surface area contributed by atoms with E-state index in [1.54, 1.807) is 47.1 Å². The number of para-hydroxylation sites is 1. The summed E-state index contributed by atoms with van der Waals surface area (Å²) in [6.45, 7) is 0.290. The number of hydrogen-bond donors (Lipinski definition) is 1. The minimum atomic E-state index is -0.536. The zero-order chi connectivity index (χ0) is 20.8. The van der Waals surface area contributed by atoms with Gasteiger partial charge >= 0.3 is 5.97 Å². The normalized spacial score (nSPS) is 11.8. The third kappa shape index (κ3) is 5.20. The molecule has 0 aliphatic rings. The molecule has 0 aliphatic heterocycles. The van der Waals surface area contributed by atoms with Crippen LogP contribution in [0.1, 0.15) is 24.4 Å². The third-order valence-corrected chi connectivity index (χ3v) is 4.77. The summed E-state index contributed by atoms with van der Waals surface area (Å²) in [6.07, 6.45) is 1.38. The molecule has 3 rings (SSSR count). The van der Waals surface area contributed by atoms with Gasteiger partial charge in [-0.15, -0.1) is 0 Å². The van der Waals surface area contributed by atoms with Crippen molar-refractivity contribution in [1.29, 1.82) is 0 Å². The van der Waals surface area contributed by atoms with Gasteiger partial charge in [-0.05, 0) is 29.8 Å². The molecule has 2 aromatic carbocycles. The summed E-state index contributed by atoms with van der Waals surface area (Å²) >= 11 is 5.92. The number of ether oxygens (including phenoxy) is 1. The van der Waals surface area contributed by atoms with Crippen molar-refractivity contribution < 1.29 is 14.3 Å². The summed E-state index contributed by atoms with van der Waals surface area (Å²) in [6, 6.07) is 13.5. The Morgan fingerprint density at radius 3 is 2.62 bits per heavy atom. The molecular formula is C21H20ClN3O4. The number of aromatic nitrogens is 2. The lowest BCUT2D eigenvalue weighted by Crippen LogP contribution is -2.31. The predicted octanol–water partition coefficient (Wildman–Crippen LogP) is 2.86. The van der Waals surface area contributed by atoms with Crippen LogP contribution in [0.2, 0.25) is 5.02 Å². The van der Waals surface area contributed by atoms with Crippen molar-refractivity contribution in [1.82, 2.24) is 15.1 Å². The molecule has 29 heavy (non-hydrogen) atoms. The molecule has 7 nitrogen and oxygen atoms in total. The number of nitrogens with one attached hydrogen (secondary N) is 1. The summed E-state index contributed by atoms with van der Waals surface area (Å²) in [4.78, 5) is 36.2. The monoisotopic (exact) mass is 413 g/mol. The van der Waals surface area contributed by atoms with Crippen molar-refractivity contribution in [3.8, 4) is 0 Å². The largest absolute Gasteiger partial charge is 0.469 e. The summed E-state index contributed by atoms with van der Waals surface area (Å²) in [5.41, 5.74) is 1.25. The van der Waals surface area contributed by atoms with Crippen LogP contribution in [0.3, 0.4) is 0 Å². The van der Waals surface area contributed by atoms with E-state index in [1.807, 2.05) is 6.07 Å². The van der Waals surface area contributed by atoms with E-state index < -0.39 is 12.0 Å². The molecule has 1 aromatic heterocycles. The molecule has 1 N–H and O–H groups in total. The van der Waals surface area contributed by atoms with Crippen LogP contribution in [-0.4, -0.2) is 28.8 Å². The number of methoxy groups -OCH3 is 1. The molecule has 1 atom stereocenters. The van der Waals surface area contributed by atoms with Crippen LogP contribution in [0.25, 0.3) is 10.9 Å². The number of nitrogens with zero attached hydrogens (tertiary/aromatic N) is 2. The number of fused-ring (bicyclic) bond motifs is 1. The zero-order valence-electron chi connectivity index (χ0n) is 15.8. The van der Waals surface area contributed by atoms with Crippen LogP contribution in [0.15, 0.2) is 59.5 Å². The molecule has 1 heterocycles. The van der Waals surface area contributed by atoms with Gasteiger partial charge in [0.2, 0.25) is 11.3 Å². The number of halogens is 1. The molecule has 150 valence electrons. The lowest BCUT2D eigenvalue weighted by Gasteiger charge is -2.18. The molecule has 1 amide bonds. The van der Waals surface area contributed by atoms with Gasteiger partial charge in [-0.2, -0.15) is 5.10 Å². The molecule has 3 aromatic rings. The van der Waals surface area contributed by atoms with Gasteiger partial charge in [0.05, 0.1) is 37.8 Å². The fourth-order valence-electron chi connectivity index (χ4n) is 3.01. The molecule has 0 unspecified atom stereocenters. The van der Waals surface area contributed by atoms with Gasteiger partial charge in [-0.3, -0.25) is 19.1 Å². The highest BCUT2D eigenvalue weighted by Crippen LogP contribution is 2.20. The average Bonchev–Trinajstić information content (AvgIpc) is 2.73. The van der Waals surface area contributed by atoms with Crippen molar-refractivity contribution in [3.63, 3.8) is 0 Å². The summed E-state index contributed by atoms with van der Waals surface area (Å²) in [5, 5.41) is 8.10.